The van der Waals surface area contributed by atoms with E-state index < -0.39 is 0 Å². The number of carbonyl (C=O) groups excluding carboxylic acids is 1. The molecule has 1 aromatic heterocycles. The maximum Gasteiger partial charge on any atom is 0.321 e. The fraction of sp³-hybridized carbons (Fsp3) is 0.318. The molecule has 2 aromatic carbocycles. The first-order valence-electron chi connectivity index (χ1n) is 9.70. The lowest BCUT2D eigenvalue weighted by atomic mass is 10.1. The number of nitrogens with zero attached hydrogens (tertiary/aromatic N) is 2. The van der Waals surface area contributed by atoms with Gasteiger partial charge in [-0.05, 0) is 42.3 Å². The summed E-state index contributed by atoms with van der Waals surface area (Å²) < 4.78 is 5.15. The Bertz CT molecular complexity index is 927. The number of H-pyrrole nitrogens is 1. The van der Waals surface area contributed by atoms with Gasteiger partial charge in [-0.1, -0.05) is 18.2 Å². The quantitative estimate of drug-likeness (QED) is 0.714. The number of nitrogens with one attached hydrogen (secondary N) is 2. The molecule has 1 aliphatic heterocycles. The van der Waals surface area contributed by atoms with Crippen molar-refractivity contribution >= 4 is 22.6 Å². The van der Waals surface area contributed by atoms with Crippen molar-refractivity contribution in [2.24, 2.45) is 0 Å². The number of hydrogen-bond donors (Lipinski definition) is 2. The fourth-order valence-corrected chi connectivity index (χ4v) is 3.67. The molecule has 0 aliphatic carbocycles. The van der Waals surface area contributed by atoms with Gasteiger partial charge in [-0.2, -0.15) is 0 Å². The summed E-state index contributed by atoms with van der Waals surface area (Å²) in [6.07, 6.45) is 3.13. The molecule has 0 bridgehead atoms. The van der Waals surface area contributed by atoms with Crippen LogP contribution in [0.5, 0.6) is 5.75 Å². The zero-order valence-corrected chi connectivity index (χ0v) is 16.1. The number of urea groups is 1. The summed E-state index contributed by atoms with van der Waals surface area (Å²) in [6, 6.07) is 15.8. The van der Waals surface area contributed by atoms with Crippen molar-refractivity contribution in [2.45, 2.75) is 6.42 Å². The Morgan fingerprint density at radius 3 is 2.57 bits per heavy atom. The topological polar surface area (TPSA) is 60.6 Å². The molecule has 6 heteroatoms. The Hall–Kier alpha value is -2.99. The highest BCUT2D eigenvalue weighted by molar-refractivity contribution is 5.89. The number of carbonyl (C=O) groups is 1. The summed E-state index contributed by atoms with van der Waals surface area (Å²) in [4.78, 5) is 20.1. The van der Waals surface area contributed by atoms with Gasteiger partial charge in [0.25, 0.3) is 0 Å². The van der Waals surface area contributed by atoms with E-state index in [2.05, 4.69) is 45.7 Å². The molecule has 2 heterocycles. The van der Waals surface area contributed by atoms with E-state index >= 15 is 0 Å². The molecule has 1 saturated heterocycles. The second-order valence-corrected chi connectivity index (χ2v) is 7.10. The minimum absolute atomic E-state index is 0.0403. The molecule has 1 aliphatic rings. The second kappa shape index (κ2) is 8.35. The van der Waals surface area contributed by atoms with Crippen molar-refractivity contribution in [1.29, 1.82) is 0 Å². The molecule has 0 spiro atoms. The van der Waals surface area contributed by atoms with Crippen molar-refractivity contribution < 1.29 is 9.53 Å². The van der Waals surface area contributed by atoms with Crippen molar-refractivity contribution in [3.8, 4) is 5.75 Å². The van der Waals surface area contributed by atoms with Gasteiger partial charge < -0.3 is 19.9 Å². The lowest BCUT2D eigenvalue weighted by Crippen LogP contribution is -2.50. The van der Waals surface area contributed by atoms with Crippen LogP contribution in [0.1, 0.15) is 5.56 Å². The molecule has 2 N–H and O–H groups in total. The molecule has 0 saturated carbocycles. The Labute approximate surface area is 165 Å². The van der Waals surface area contributed by atoms with E-state index in [9.17, 15) is 4.79 Å². The first-order chi connectivity index (χ1) is 13.7. The van der Waals surface area contributed by atoms with Crippen LogP contribution in [0.4, 0.5) is 10.5 Å². The number of ether oxygens (including phenoxy) is 1. The SMILES string of the molecule is COc1ccc(NC(=O)N2CCN(CCc3c[nH]c4ccccc34)CC2)cc1. The number of methoxy groups -OCH3 is 1. The van der Waals surface area contributed by atoms with E-state index in [0.29, 0.717) is 0 Å². The number of piperazine rings is 1. The van der Waals surface area contributed by atoms with E-state index in [0.717, 1.165) is 50.6 Å². The van der Waals surface area contributed by atoms with Crippen molar-refractivity contribution in [1.82, 2.24) is 14.8 Å². The third-order valence-electron chi connectivity index (χ3n) is 5.37. The molecule has 3 aromatic rings. The van der Waals surface area contributed by atoms with E-state index in [1.807, 2.05) is 29.2 Å². The van der Waals surface area contributed by atoms with Gasteiger partial charge in [0.05, 0.1) is 7.11 Å². The van der Waals surface area contributed by atoms with Gasteiger partial charge in [-0.3, -0.25) is 4.90 Å². The van der Waals surface area contributed by atoms with Gasteiger partial charge in [-0.15, -0.1) is 0 Å². The minimum atomic E-state index is -0.0403. The van der Waals surface area contributed by atoms with Gasteiger partial charge in [0.1, 0.15) is 5.75 Å². The van der Waals surface area contributed by atoms with Gasteiger partial charge in [-0.25, -0.2) is 4.79 Å². The van der Waals surface area contributed by atoms with Crippen LogP contribution in [0, 0.1) is 0 Å². The number of fused-ring (bicyclic) bond motifs is 1. The van der Waals surface area contributed by atoms with Crippen LogP contribution < -0.4 is 10.1 Å². The summed E-state index contributed by atoms with van der Waals surface area (Å²) in [5, 5.41) is 4.27. The minimum Gasteiger partial charge on any atom is -0.497 e. The van der Waals surface area contributed by atoms with Gasteiger partial charge >= 0.3 is 6.03 Å². The largest absolute Gasteiger partial charge is 0.497 e. The van der Waals surface area contributed by atoms with Crippen molar-refractivity contribution in [3.05, 3.63) is 60.3 Å². The fourth-order valence-electron chi connectivity index (χ4n) is 3.67. The summed E-state index contributed by atoms with van der Waals surface area (Å²) in [7, 11) is 1.63. The zero-order valence-electron chi connectivity index (χ0n) is 16.1. The average molecular weight is 378 g/mol. The van der Waals surface area contributed by atoms with E-state index in [1.165, 1.54) is 16.5 Å². The Morgan fingerprint density at radius 1 is 1.07 bits per heavy atom. The number of anilines is 1. The van der Waals surface area contributed by atoms with Crippen molar-refractivity contribution in [2.75, 3.05) is 45.2 Å². The number of aromatic amines is 1. The molecular weight excluding hydrogens is 352 g/mol. The molecular formula is C22H26N4O2. The van der Waals surface area contributed by atoms with Gasteiger partial charge in [0.15, 0.2) is 0 Å². The van der Waals surface area contributed by atoms with E-state index in [1.54, 1.807) is 7.11 Å². The number of para-hydroxylation sites is 1. The average Bonchev–Trinajstić information content (AvgIpc) is 3.16. The number of amides is 2. The highest BCUT2D eigenvalue weighted by Gasteiger charge is 2.21. The van der Waals surface area contributed by atoms with Crippen LogP contribution in [0.2, 0.25) is 0 Å². The van der Waals surface area contributed by atoms with Crippen LogP contribution in [-0.4, -0.2) is 60.6 Å². The zero-order chi connectivity index (χ0) is 19.3. The Morgan fingerprint density at radius 2 is 1.82 bits per heavy atom. The Balaban J connectivity index is 1.25. The number of benzene rings is 2. The van der Waals surface area contributed by atoms with Crippen LogP contribution >= 0.6 is 0 Å². The molecule has 4 rings (SSSR count). The number of rotatable bonds is 5. The smallest absolute Gasteiger partial charge is 0.321 e. The predicted octanol–water partition coefficient (Wildman–Crippen LogP) is 3.57. The summed E-state index contributed by atoms with van der Waals surface area (Å²) in [6.45, 7) is 4.30. The predicted molar refractivity (Wildman–Crippen MR) is 112 cm³/mol. The molecule has 0 atom stereocenters. The summed E-state index contributed by atoms with van der Waals surface area (Å²) in [5.41, 5.74) is 3.33. The molecule has 2 amide bonds. The van der Waals surface area contributed by atoms with E-state index in [4.69, 9.17) is 4.74 Å². The Kier molecular flexibility index (Phi) is 5.48. The first kappa shape index (κ1) is 18.4. The van der Waals surface area contributed by atoms with E-state index in [-0.39, 0.29) is 6.03 Å². The standard InChI is InChI=1S/C22H26N4O2/c1-28-19-8-6-18(7-9-19)24-22(27)26-14-12-25(13-15-26)11-10-17-16-23-21-5-3-2-4-20(17)21/h2-9,16,23H,10-15H2,1H3,(H,24,27). The molecule has 146 valence electrons. The molecule has 1 fully saturated rings. The van der Waals surface area contributed by atoms with Gasteiger partial charge in [0.2, 0.25) is 0 Å². The lowest BCUT2D eigenvalue weighted by molar-refractivity contribution is 0.148. The molecule has 28 heavy (non-hydrogen) atoms. The summed E-state index contributed by atoms with van der Waals surface area (Å²) >= 11 is 0. The maximum absolute atomic E-state index is 12.5. The highest BCUT2D eigenvalue weighted by Crippen LogP contribution is 2.19. The molecule has 0 unspecified atom stereocenters. The maximum atomic E-state index is 12.5. The number of hydrogen-bond acceptors (Lipinski definition) is 3. The molecule has 6 nitrogen and oxygen atoms in total. The normalized spacial score (nSPS) is 15.0. The highest BCUT2D eigenvalue weighted by atomic mass is 16.5. The van der Waals surface area contributed by atoms with Gasteiger partial charge in [0, 0.05) is 55.5 Å². The van der Waals surface area contributed by atoms with Crippen LogP contribution in [0.3, 0.4) is 0 Å². The van der Waals surface area contributed by atoms with Crippen LogP contribution in [0.15, 0.2) is 54.7 Å². The third-order valence-corrected chi connectivity index (χ3v) is 5.37. The monoisotopic (exact) mass is 378 g/mol. The lowest BCUT2D eigenvalue weighted by Gasteiger charge is -2.34. The summed E-state index contributed by atoms with van der Waals surface area (Å²) in [5.74, 6) is 0.779. The van der Waals surface area contributed by atoms with Crippen LogP contribution in [0.25, 0.3) is 10.9 Å². The van der Waals surface area contributed by atoms with Crippen molar-refractivity contribution in [3.63, 3.8) is 0 Å². The number of aromatic nitrogens is 1. The molecule has 0 radical (unpaired) electrons. The first-order valence-corrected chi connectivity index (χ1v) is 9.70. The third kappa shape index (κ3) is 4.12. The second-order valence-electron chi connectivity index (χ2n) is 7.10. The van der Waals surface area contributed by atoms with Crippen LogP contribution in [-0.2, 0) is 6.42 Å².